The number of aliphatic hydroxyl groups is 2. The summed E-state index contributed by atoms with van der Waals surface area (Å²) in [6.45, 7) is 4.00. The molecule has 5 heteroatoms. The Morgan fingerprint density at radius 3 is 2.40 bits per heavy atom. The maximum atomic E-state index is 11.9. The molecule has 1 rings (SSSR count). The van der Waals surface area contributed by atoms with E-state index in [0.29, 0.717) is 17.0 Å². The highest BCUT2D eigenvalue weighted by Gasteiger charge is 2.18. The van der Waals surface area contributed by atoms with Crippen LogP contribution >= 0.6 is 11.6 Å². The van der Waals surface area contributed by atoms with E-state index in [1.165, 1.54) is 0 Å². The van der Waals surface area contributed by atoms with Gasteiger partial charge in [0.2, 0.25) is 5.91 Å². The van der Waals surface area contributed by atoms with Crippen molar-refractivity contribution in [3.8, 4) is 0 Å². The third-order valence-electron chi connectivity index (χ3n) is 3.22. The summed E-state index contributed by atoms with van der Waals surface area (Å²) in [5.74, 6) is 0.0124. The zero-order chi connectivity index (χ0) is 15.1. The van der Waals surface area contributed by atoms with Gasteiger partial charge in [-0.25, -0.2) is 0 Å². The van der Waals surface area contributed by atoms with E-state index in [1.54, 1.807) is 24.3 Å². The molecule has 0 aromatic heterocycles. The molecule has 4 nitrogen and oxygen atoms in total. The summed E-state index contributed by atoms with van der Waals surface area (Å²) in [5.41, 5.74) is 0.660. The molecule has 0 saturated heterocycles. The van der Waals surface area contributed by atoms with E-state index in [2.05, 4.69) is 5.32 Å². The van der Waals surface area contributed by atoms with Crippen LogP contribution in [0.4, 0.5) is 0 Å². The number of rotatable bonds is 7. The Labute approximate surface area is 124 Å². The monoisotopic (exact) mass is 299 g/mol. The topological polar surface area (TPSA) is 69.6 Å². The summed E-state index contributed by atoms with van der Waals surface area (Å²) in [5, 5.41) is 22.4. The molecular weight excluding hydrogens is 278 g/mol. The summed E-state index contributed by atoms with van der Waals surface area (Å²) in [6, 6.07) is 6.69. The highest BCUT2D eigenvalue weighted by atomic mass is 35.5. The van der Waals surface area contributed by atoms with E-state index in [9.17, 15) is 9.90 Å². The number of benzene rings is 1. The van der Waals surface area contributed by atoms with Gasteiger partial charge in [-0.1, -0.05) is 37.6 Å². The van der Waals surface area contributed by atoms with Crippen LogP contribution in [-0.4, -0.2) is 28.8 Å². The first-order valence-corrected chi connectivity index (χ1v) is 7.15. The third-order valence-corrected chi connectivity index (χ3v) is 3.48. The van der Waals surface area contributed by atoms with Crippen LogP contribution in [0, 0.1) is 5.92 Å². The third kappa shape index (κ3) is 5.49. The molecule has 2 unspecified atom stereocenters. The van der Waals surface area contributed by atoms with Crippen LogP contribution < -0.4 is 5.32 Å². The first kappa shape index (κ1) is 17.0. The van der Waals surface area contributed by atoms with Crippen molar-refractivity contribution in [2.75, 3.05) is 6.61 Å². The molecule has 0 aliphatic rings. The number of nitrogens with one attached hydrogen (secondary N) is 1. The first-order valence-electron chi connectivity index (χ1n) is 6.77. The average Bonchev–Trinajstić information content (AvgIpc) is 2.38. The normalized spacial score (nSPS) is 14.1. The number of halogens is 1. The molecule has 20 heavy (non-hydrogen) atoms. The van der Waals surface area contributed by atoms with Crippen molar-refractivity contribution < 1.29 is 15.0 Å². The van der Waals surface area contributed by atoms with Crippen molar-refractivity contribution in [3.63, 3.8) is 0 Å². The molecule has 3 N–H and O–H groups in total. The molecule has 0 aliphatic carbocycles. The Hall–Kier alpha value is -1.10. The molecule has 112 valence electrons. The fourth-order valence-electron chi connectivity index (χ4n) is 1.96. The van der Waals surface area contributed by atoms with E-state index in [0.717, 1.165) is 0 Å². The molecule has 1 aromatic rings. The van der Waals surface area contributed by atoms with Crippen LogP contribution in [0.5, 0.6) is 0 Å². The summed E-state index contributed by atoms with van der Waals surface area (Å²) >= 11 is 5.78. The molecule has 0 spiro atoms. The van der Waals surface area contributed by atoms with Gasteiger partial charge in [0.05, 0.1) is 12.5 Å². The second-order valence-electron chi connectivity index (χ2n) is 5.20. The second kappa shape index (κ2) is 8.25. The molecular formula is C15H22ClNO3. The smallest absolute Gasteiger partial charge is 0.223 e. The molecule has 1 aromatic carbocycles. The summed E-state index contributed by atoms with van der Waals surface area (Å²) in [7, 11) is 0. The Kier molecular flexibility index (Phi) is 6.99. The lowest BCUT2D eigenvalue weighted by atomic mass is 10.0. The minimum atomic E-state index is -0.853. The minimum absolute atomic E-state index is 0.00369. The van der Waals surface area contributed by atoms with E-state index in [4.69, 9.17) is 16.7 Å². The maximum Gasteiger partial charge on any atom is 0.223 e. The number of hydrogen-bond acceptors (Lipinski definition) is 3. The van der Waals surface area contributed by atoms with Gasteiger partial charge in [-0.3, -0.25) is 4.79 Å². The van der Waals surface area contributed by atoms with Gasteiger partial charge < -0.3 is 15.5 Å². The zero-order valence-electron chi connectivity index (χ0n) is 11.8. The van der Waals surface area contributed by atoms with Crippen LogP contribution in [-0.2, 0) is 4.79 Å². The van der Waals surface area contributed by atoms with Crippen molar-refractivity contribution in [1.29, 1.82) is 0 Å². The Balaban J connectivity index is 2.54. The van der Waals surface area contributed by atoms with Gasteiger partial charge >= 0.3 is 0 Å². The quantitative estimate of drug-likeness (QED) is 0.723. The van der Waals surface area contributed by atoms with Gasteiger partial charge in [0, 0.05) is 17.7 Å². The van der Waals surface area contributed by atoms with Gasteiger partial charge in [0.15, 0.2) is 0 Å². The number of carbonyl (C=O) groups is 1. The fourth-order valence-corrected chi connectivity index (χ4v) is 2.08. The van der Waals surface area contributed by atoms with Gasteiger partial charge in [-0.05, 0) is 30.0 Å². The van der Waals surface area contributed by atoms with Gasteiger partial charge in [0.1, 0.15) is 0 Å². The number of hydrogen-bond donors (Lipinski definition) is 3. The lowest BCUT2D eigenvalue weighted by Crippen LogP contribution is -2.39. The van der Waals surface area contributed by atoms with E-state index in [-0.39, 0.29) is 30.9 Å². The van der Waals surface area contributed by atoms with Crippen LogP contribution in [0.1, 0.15) is 38.4 Å². The van der Waals surface area contributed by atoms with Gasteiger partial charge in [-0.15, -0.1) is 0 Å². The Morgan fingerprint density at radius 1 is 1.30 bits per heavy atom. The standard InChI is InChI=1S/C15H22ClNO3/c1-10(2)13(7-8-18)17-15(20)9-14(19)11-3-5-12(16)6-4-11/h3-6,10,13-14,18-19H,7-9H2,1-2H3,(H,17,20). The van der Waals surface area contributed by atoms with Gasteiger partial charge in [0.25, 0.3) is 0 Å². The van der Waals surface area contributed by atoms with Crippen molar-refractivity contribution in [3.05, 3.63) is 34.9 Å². The lowest BCUT2D eigenvalue weighted by molar-refractivity contribution is -0.124. The van der Waals surface area contributed by atoms with Crippen molar-refractivity contribution in [2.24, 2.45) is 5.92 Å². The number of amides is 1. The highest BCUT2D eigenvalue weighted by molar-refractivity contribution is 6.30. The van der Waals surface area contributed by atoms with Crippen LogP contribution in [0.15, 0.2) is 24.3 Å². The van der Waals surface area contributed by atoms with E-state index in [1.807, 2.05) is 13.8 Å². The lowest BCUT2D eigenvalue weighted by Gasteiger charge is -2.22. The van der Waals surface area contributed by atoms with E-state index >= 15 is 0 Å². The zero-order valence-corrected chi connectivity index (χ0v) is 12.6. The molecule has 1 amide bonds. The van der Waals surface area contributed by atoms with Crippen molar-refractivity contribution >= 4 is 17.5 Å². The Bertz CT molecular complexity index is 420. The number of carbonyl (C=O) groups excluding carboxylic acids is 1. The SMILES string of the molecule is CC(C)C(CCO)NC(=O)CC(O)c1ccc(Cl)cc1. The largest absolute Gasteiger partial charge is 0.396 e. The predicted molar refractivity (Wildman–Crippen MR) is 79.5 cm³/mol. The minimum Gasteiger partial charge on any atom is -0.396 e. The van der Waals surface area contributed by atoms with Crippen molar-refractivity contribution in [1.82, 2.24) is 5.32 Å². The van der Waals surface area contributed by atoms with Crippen molar-refractivity contribution in [2.45, 2.75) is 38.8 Å². The average molecular weight is 300 g/mol. The molecule has 0 saturated carbocycles. The first-order chi connectivity index (χ1) is 9.43. The fraction of sp³-hybridized carbons (Fsp3) is 0.533. The highest BCUT2D eigenvalue weighted by Crippen LogP contribution is 2.19. The van der Waals surface area contributed by atoms with Crippen LogP contribution in [0.25, 0.3) is 0 Å². The number of aliphatic hydroxyl groups excluding tert-OH is 2. The molecule has 0 bridgehead atoms. The molecule has 0 heterocycles. The summed E-state index contributed by atoms with van der Waals surface area (Å²) < 4.78 is 0. The van der Waals surface area contributed by atoms with Crippen LogP contribution in [0.3, 0.4) is 0 Å². The van der Waals surface area contributed by atoms with Crippen LogP contribution in [0.2, 0.25) is 5.02 Å². The predicted octanol–water partition coefficient (Wildman–Crippen LogP) is 2.29. The molecule has 0 aliphatic heterocycles. The summed E-state index contributed by atoms with van der Waals surface area (Å²) in [6.07, 6.45) is -0.342. The maximum absolute atomic E-state index is 11.9. The molecule has 0 fully saturated rings. The second-order valence-corrected chi connectivity index (χ2v) is 5.64. The molecule has 2 atom stereocenters. The summed E-state index contributed by atoms with van der Waals surface area (Å²) in [4.78, 5) is 11.9. The van der Waals surface area contributed by atoms with E-state index < -0.39 is 6.10 Å². The molecule has 0 radical (unpaired) electrons. The van der Waals surface area contributed by atoms with Gasteiger partial charge in [-0.2, -0.15) is 0 Å². The Morgan fingerprint density at radius 2 is 1.90 bits per heavy atom.